The zero-order chi connectivity index (χ0) is 13.7. The molecule has 19 heavy (non-hydrogen) atoms. The number of anilines is 1. The van der Waals surface area contributed by atoms with Crippen LogP contribution in [-0.2, 0) is 4.79 Å². The minimum absolute atomic E-state index is 0.0844. The van der Waals surface area contributed by atoms with Crippen molar-refractivity contribution < 1.29 is 9.90 Å². The number of nitrogens with zero attached hydrogens (tertiary/aromatic N) is 2. The van der Waals surface area contributed by atoms with Gasteiger partial charge in [0.2, 0.25) is 5.91 Å². The lowest BCUT2D eigenvalue weighted by Crippen LogP contribution is -2.04. The van der Waals surface area contributed by atoms with Crippen molar-refractivity contribution in [3.63, 3.8) is 0 Å². The SMILES string of the molecule is CC(=O)Nc1ccc(N=Nc2ccccc2O)cc1. The van der Waals surface area contributed by atoms with E-state index in [0.717, 1.165) is 0 Å². The lowest BCUT2D eigenvalue weighted by Gasteiger charge is -2.01. The van der Waals surface area contributed by atoms with Gasteiger partial charge in [-0.05, 0) is 36.4 Å². The van der Waals surface area contributed by atoms with E-state index in [-0.39, 0.29) is 11.7 Å². The number of aromatic hydroxyl groups is 1. The van der Waals surface area contributed by atoms with Gasteiger partial charge < -0.3 is 10.4 Å². The molecule has 5 nitrogen and oxygen atoms in total. The Labute approximate surface area is 110 Å². The van der Waals surface area contributed by atoms with Crippen LogP contribution in [0.2, 0.25) is 0 Å². The van der Waals surface area contributed by atoms with Crippen LogP contribution in [0.15, 0.2) is 58.8 Å². The first-order valence-corrected chi connectivity index (χ1v) is 5.72. The van der Waals surface area contributed by atoms with E-state index in [4.69, 9.17) is 0 Å². The number of carbonyl (C=O) groups excluding carboxylic acids is 1. The molecule has 5 heteroatoms. The molecule has 0 bridgehead atoms. The normalized spacial score (nSPS) is 10.6. The Morgan fingerprint density at radius 1 is 1.05 bits per heavy atom. The summed E-state index contributed by atoms with van der Waals surface area (Å²) in [6, 6.07) is 13.6. The molecule has 0 aliphatic heterocycles. The summed E-state index contributed by atoms with van der Waals surface area (Å²) >= 11 is 0. The van der Waals surface area contributed by atoms with Crippen molar-refractivity contribution in [2.75, 3.05) is 5.32 Å². The second-order valence-electron chi connectivity index (χ2n) is 3.92. The zero-order valence-electron chi connectivity index (χ0n) is 10.4. The van der Waals surface area contributed by atoms with Crippen LogP contribution in [0.5, 0.6) is 5.75 Å². The summed E-state index contributed by atoms with van der Waals surface area (Å²) in [6.45, 7) is 1.45. The molecule has 2 rings (SSSR count). The molecule has 2 aromatic rings. The van der Waals surface area contributed by atoms with Crippen molar-refractivity contribution in [3.8, 4) is 5.75 Å². The molecule has 2 N–H and O–H groups in total. The highest BCUT2D eigenvalue weighted by Crippen LogP contribution is 2.27. The van der Waals surface area contributed by atoms with Gasteiger partial charge in [-0.1, -0.05) is 12.1 Å². The summed E-state index contributed by atoms with van der Waals surface area (Å²) < 4.78 is 0. The largest absolute Gasteiger partial charge is 0.506 e. The maximum Gasteiger partial charge on any atom is 0.221 e. The molecule has 0 unspecified atom stereocenters. The molecule has 0 aliphatic carbocycles. The maximum absolute atomic E-state index is 10.9. The molecule has 0 radical (unpaired) electrons. The standard InChI is InChI=1S/C14H13N3O2/c1-10(18)15-11-6-8-12(9-7-11)16-17-13-4-2-3-5-14(13)19/h2-9,19H,1H3,(H,15,18). The first-order chi connectivity index (χ1) is 9.15. The number of para-hydroxylation sites is 1. The molecule has 0 spiro atoms. The van der Waals surface area contributed by atoms with Crippen molar-refractivity contribution in [2.24, 2.45) is 10.2 Å². The number of amides is 1. The second kappa shape index (κ2) is 5.77. The van der Waals surface area contributed by atoms with Gasteiger partial charge >= 0.3 is 0 Å². The van der Waals surface area contributed by atoms with Crippen LogP contribution in [0.25, 0.3) is 0 Å². The molecule has 1 amide bonds. The smallest absolute Gasteiger partial charge is 0.221 e. The monoisotopic (exact) mass is 255 g/mol. The minimum Gasteiger partial charge on any atom is -0.506 e. The first-order valence-electron chi connectivity index (χ1n) is 5.72. The lowest BCUT2D eigenvalue weighted by molar-refractivity contribution is -0.114. The van der Waals surface area contributed by atoms with Gasteiger partial charge in [-0.15, -0.1) is 5.11 Å². The zero-order valence-corrected chi connectivity index (χ0v) is 10.4. The number of azo groups is 1. The van der Waals surface area contributed by atoms with Crippen LogP contribution in [-0.4, -0.2) is 11.0 Å². The molecule has 0 fully saturated rings. The molecular formula is C14H13N3O2. The molecule has 96 valence electrons. The topological polar surface area (TPSA) is 74.0 Å². The number of phenolic OH excluding ortho intramolecular Hbond substituents is 1. The van der Waals surface area contributed by atoms with Crippen molar-refractivity contribution in [1.29, 1.82) is 0 Å². The van der Waals surface area contributed by atoms with Gasteiger partial charge in [0.05, 0.1) is 5.69 Å². The van der Waals surface area contributed by atoms with Gasteiger partial charge in [0.1, 0.15) is 11.4 Å². The number of rotatable bonds is 3. The number of hydrogen-bond donors (Lipinski definition) is 2. The molecule has 0 saturated carbocycles. The molecule has 0 heterocycles. The molecule has 0 saturated heterocycles. The van der Waals surface area contributed by atoms with Crippen LogP contribution in [0.1, 0.15) is 6.92 Å². The Morgan fingerprint density at radius 2 is 1.74 bits per heavy atom. The van der Waals surface area contributed by atoms with Crippen LogP contribution in [0, 0.1) is 0 Å². The predicted octanol–water partition coefficient (Wildman–Crippen LogP) is 3.77. The quantitative estimate of drug-likeness (QED) is 0.819. The van der Waals surface area contributed by atoms with Crippen molar-refractivity contribution in [2.45, 2.75) is 6.92 Å². The third-order valence-electron chi connectivity index (χ3n) is 2.34. The van der Waals surface area contributed by atoms with Crippen LogP contribution in [0.3, 0.4) is 0 Å². The average molecular weight is 255 g/mol. The minimum atomic E-state index is -0.122. The predicted molar refractivity (Wildman–Crippen MR) is 73.0 cm³/mol. The summed E-state index contributed by atoms with van der Waals surface area (Å²) in [4.78, 5) is 10.9. The molecule has 2 aromatic carbocycles. The van der Waals surface area contributed by atoms with E-state index in [1.165, 1.54) is 6.92 Å². The third-order valence-corrected chi connectivity index (χ3v) is 2.34. The maximum atomic E-state index is 10.9. The van der Waals surface area contributed by atoms with Gasteiger partial charge in [0, 0.05) is 12.6 Å². The summed E-state index contributed by atoms with van der Waals surface area (Å²) in [5.41, 5.74) is 1.75. The lowest BCUT2D eigenvalue weighted by atomic mass is 10.3. The molecule has 0 aromatic heterocycles. The Morgan fingerprint density at radius 3 is 2.37 bits per heavy atom. The fraction of sp³-hybridized carbons (Fsp3) is 0.0714. The third kappa shape index (κ3) is 3.64. The highest BCUT2D eigenvalue weighted by Gasteiger charge is 1.98. The van der Waals surface area contributed by atoms with E-state index < -0.39 is 0 Å². The summed E-state index contributed by atoms with van der Waals surface area (Å²) in [5.74, 6) is -0.0373. The summed E-state index contributed by atoms with van der Waals surface area (Å²) in [7, 11) is 0. The van der Waals surface area contributed by atoms with E-state index in [1.807, 2.05) is 0 Å². The number of benzene rings is 2. The van der Waals surface area contributed by atoms with E-state index in [1.54, 1.807) is 48.5 Å². The van der Waals surface area contributed by atoms with Gasteiger partial charge in [-0.3, -0.25) is 4.79 Å². The van der Waals surface area contributed by atoms with Gasteiger partial charge in [-0.2, -0.15) is 5.11 Å². The number of nitrogens with one attached hydrogen (secondary N) is 1. The molecule has 0 atom stereocenters. The van der Waals surface area contributed by atoms with E-state index in [9.17, 15) is 9.90 Å². The Kier molecular flexibility index (Phi) is 3.87. The van der Waals surface area contributed by atoms with E-state index in [2.05, 4.69) is 15.5 Å². The fourth-order valence-electron chi connectivity index (χ4n) is 1.48. The highest BCUT2D eigenvalue weighted by molar-refractivity contribution is 5.88. The average Bonchev–Trinajstić information content (AvgIpc) is 2.39. The first kappa shape index (κ1) is 12.8. The van der Waals surface area contributed by atoms with Crippen LogP contribution < -0.4 is 5.32 Å². The Bertz CT molecular complexity index is 606. The van der Waals surface area contributed by atoms with Crippen molar-refractivity contribution in [3.05, 3.63) is 48.5 Å². The van der Waals surface area contributed by atoms with Gasteiger partial charge in [0.25, 0.3) is 0 Å². The van der Waals surface area contributed by atoms with Crippen LogP contribution in [0.4, 0.5) is 17.1 Å². The van der Waals surface area contributed by atoms with E-state index >= 15 is 0 Å². The summed E-state index contributed by atoms with van der Waals surface area (Å²) in [5, 5.41) is 20.2. The molecular weight excluding hydrogens is 242 g/mol. The highest BCUT2D eigenvalue weighted by atomic mass is 16.3. The van der Waals surface area contributed by atoms with Crippen LogP contribution >= 0.6 is 0 Å². The second-order valence-corrected chi connectivity index (χ2v) is 3.92. The van der Waals surface area contributed by atoms with Gasteiger partial charge in [-0.25, -0.2) is 0 Å². The number of carbonyl (C=O) groups is 1. The number of hydrogen-bond acceptors (Lipinski definition) is 4. The van der Waals surface area contributed by atoms with Gasteiger partial charge in [0.15, 0.2) is 0 Å². The van der Waals surface area contributed by atoms with Crippen molar-refractivity contribution in [1.82, 2.24) is 0 Å². The number of phenols is 1. The Hall–Kier alpha value is -2.69. The van der Waals surface area contributed by atoms with Crippen molar-refractivity contribution >= 4 is 23.0 Å². The van der Waals surface area contributed by atoms with E-state index in [0.29, 0.717) is 17.1 Å². The fourth-order valence-corrected chi connectivity index (χ4v) is 1.48. The Balaban J connectivity index is 2.11. The molecule has 0 aliphatic rings. The summed E-state index contributed by atoms with van der Waals surface area (Å²) in [6.07, 6.45) is 0.